The van der Waals surface area contributed by atoms with Crippen molar-refractivity contribution in [2.45, 2.75) is 6.92 Å². The summed E-state index contributed by atoms with van der Waals surface area (Å²) in [7, 11) is 0. The molecular weight excluding hydrogens is 138 g/mol. The van der Waals surface area contributed by atoms with Crippen molar-refractivity contribution in [2.24, 2.45) is 5.73 Å². The fraction of sp³-hybridized carbons (Fsp3) is 0.250. The first-order valence-electron chi connectivity index (χ1n) is 3.32. The summed E-state index contributed by atoms with van der Waals surface area (Å²) in [6.07, 6.45) is 0. The van der Waals surface area contributed by atoms with Crippen molar-refractivity contribution in [1.82, 2.24) is 10.2 Å². The maximum absolute atomic E-state index is 5.18. The molecule has 0 aliphatic carbocycles. The van der Waals surface area contributed by atoms with Gasteiger partial charge in [0.1, 0.15) is 5.69 Å². The van der Waals surface area contributed by atoms with Gasteiger partial charge in [0.15, 0.2) is 0 Å². The molecule has 11 heavy (non-hydrogen) atoms. The smallest absolute Gasteiger partial charge is 0.135 e. The lowest BCUT2D eigenvalue weighted by atomic mass is 10.3. The van der Waals surface area contributed by atoms with Crippen LogP contribution in [0.2, 0.25) is 0 Å². The lowest BCUT2D eigenvalue weighted by Crippen LogP contribution is -1.94. The zero-order valence-electron chi connectivity index (χ0n) is 6.33. The first-order chi connectivity index (χ1) is 5.33. The maximum atomic E-state index is 5.18. The van der Waals surface area contributed by atoms with E-state index in [0.717, 1.165) is 5.69 Å². The average molecular weight is 147 g/mol. The highest BCUT2D eigenvalue weighted by molar-refractivity contribution is 5.26. The van der Waals surface area contributed by atoms with Gasteiger partial charge in [-0.05, 0) is 25.0 Å². The fourth-order valence-corrected chi connectivity index (χ4v) is 0.607. The Labute approximate surface area is 65.6 Å². The van der Waals surface area contributed by atoms with Gasteiger partial charge in [-0.25, -0.2) is 0 Å². The van der Waals surface area contributed by atoms with E-state index >= 15 is 0 Å². The third-order valence-electron chi connectivity index (χ3n) is 1.12. The van der Waals surface area contributed by atoms with Crippen LogP contribution in [0, 0.1) is 18.8 Å². The van der Waals surface area contributed by atoms with Crippen LogP contribution in [-0.4, -0.2) is 16.7 Å². The van der Waals surface area contributed by atoms with E-state index in [1.54, 1.807) is 0 Å². The van der Waals surface area contributed by atoms with Crippen LogP contribution in [0.3, 0.4) is 0 Å². The Bertz CT molecular complexity index is 278. The van der Waals surface area contributed by atoms with Crippen LogP contribution in [0.15, 0.2) is 12.1 Å². The third-order valence-corrected chi connectivity index (χ3v) is 1.12. The number of aryl methyl sites for hydroxylation is 1. The summed E-state index contributed by atoms with van der Waals surface area (Å²) in [5, 5.41) is 7.68. The second kappa shape index (κ2) is 3.69. The van der Waals surface area contributed by atoms with Gasteiger partial charge in [-0.3, -0.25) is 0 Å². The highest BCUT2D eigenvalue weighted by Crippen LogP contribution is 1.91. The van der Waals surface area contributed by atoms with E-state index in [2.05, 4.69) is 22.0 Å². The molecule has 0 aliphatic rings. The van der Waals surface area contributed by atoms with E-state index in [0.29, 0.717) is 12.2 Å². The van der Waals surface area contributed by atoms with Crippen LogP contribution >= 0.6 is 0 Å². The number of rotatable bonds is 0. The van der Waals surface area contributed by atoms with Crippen molar-refractivity contribution in [3.8, 4) is 11.8 Å². The van der Waals surface area contributed by atoms with Crippen LogP contribution in [0.4, 0.5) is 0 Å². The molecule has 3 heteroatoms. The monoisotopic (exact) mass is 147 g/mol. The largest absolute Gasteiger partial charge is 0.320 e. The summed E-state index contributed by atoms with van der Waals surface area (Å²) in [6, 6.07) is 3.69. The van der Waals surface area contributed by atoms with Gasteiger partial charge in [-0.15, -0.1) is 5.10 Å². The molecule has 1 rings (SSSR count). The van der Waals surface area contributed by atoms with Crippen molar-refractivity contribution in [2.75, 3.05) is 6.54 Å². The average Bonchev–Trinajstić information content (AvgIpc) is 2.04. The predicted molar refractivity (Wildman–Crippen MR) is 42.7 cm³/mol. The molecule has 0 amide bonds. The highest BCUT2D eigenvalue weighted by atomic mass is 15.1. The Morgan fingerprint density at radius 2 is 2.27 bits per heavy atom. The summed E-state index contributed by atoms with van der Waals surface area (Å²) in [5.41, 5.74) is 6.74. The lowest BCUT2D eigenvalue weighted by Gasteiger charge is -1.88. The Balaban J connectivity index is 2.82. The summed E-state index contributed by atoms with van der Waals surface area (Å²) >= 11 is 0. The van der Waals surface area contributed by atoms with Crippen LogP contribution in [0.5, 0.6) is 0 Å². The molecule has 0 saturated carbocycles. The van der Waals surface area contributed by atoms with E-state index in [9.17, 15) is 0 Å². The Kier molecular flexibility index (Phi) is 2.59. The summed E-state index contributed by atoms with van der Waals surface area (Å²) < 4.78 is 0. The molecule has 0 fully saturated rings. The first kappa shape index (κ1) is 7.70. The zero-order chi connectivity index (χ0) is 8.10. The molecule has 1 aromatic rings. The second-order valence-corrected chi connectivity index (χ2v) is 2.07. The zero-order valence-corrected chi connectivity index (χ0v) is 6.33. The molecular formula is C8H9N3. The number of nitrogens with two attached hydrogens (primary N) is 1. The molecule has 2 N–H and O–H groups in total. The van der Waals surface area contributed by atoms with Crippen LogP contribution in [0.1, 0.15) is 11.4 Å². The minimum absolute atomic E-state index is 0.357. The van der Waals surface area contributed by atoms with E-state index < -0.39 is 0 Å². The Morgan fingerprint density at radius 3 is 2.82 bits per heavy atom. The highest BCUT2D eigenvalue weighted by Gasteiger charge is 1.87. The quantitative estimate of drug-likeness (QED) is 0.529. The lowest BCUT2D eigenvalue weighted by molar-refractivity contribution is 0.966. The van der Waals surface area contributed by atoms with Crippen molar-refractivity contribution in [1.29, 1.82) is 0 Å². The maximum Gasteiger partial charge on any atom is 0.135 e. The van der Waals surface area contributed by atoms with Gasteiger partial charge in [-0.1, -0.05) is 5.92 Å². The molecule has 1 heterocycles. The van der Waals surface area contributed by atoms with Gasteiger partial charge >= 0.3 is 0 Å². The third kappa shape index (κ3) is 2.36. The molecule has 0 unspecified atom stereocenters. The van der Waals surface area contributed by atoms with Gasteiger partial charge < -0.3 is 5.73 Å². The molecule has 56 valence electrons. The summed E-state index contributed by atoms with van der Waals surface area (Å²) in [5.74, 6) is 5.48. The topological polar surface area (TPSA) is 51.8 Å². The van der Waals surface area contributed by atoms with Gasteiger partial charge in [0, 0.05) is 0 Å². The predicted octanol–water partition coefficient (Wildman–Crippen LogP) is 0.0952. The van der Waals surface area contributed by atoms with Crippen LogP contribution in [0.25, 0.3) is 0 Å². The van der Waals surface area contributed by atoms with Crippen molar-refractivity contribution in [3.63, 3.8) is 0 Å². The molecule has 1 aromatic heterocycles. The molecule has 3 nitrogen and oxygen atoms in total. The minimum atomic E-state index is 0.357. The van der Waals surface area contributed by atoms with Gasteiger partial charge in [-0.2, -0.15) is 5.10 Å². The number of aromatic nitrogens is 2. The molecule has 0 aliphatic heterocycles. The normalized spacial score (nSPS) is 8.55. The molecule has 0 bridgehead atoms. The van der Waals surface area contributed by atoms with Crippen molar-refractivity contribution < 1.29 is 0 Å². The number of hydrogen-bond acceptors (Lipinski definition) is 3. The SMILES string of the molecule is Cc1ccc(C#CCN)nn1. The van der Waals surface area contributed by atoms with E-state index in [4.69, 9.17) is 5.73 Å². The first-order valence-corrected chi connectivity index (χ1v) is 3.32. The fourth-order valence-electron chi connectivity index (χ4n) is 0.607. The van der Waals surface area contributed by atoms with Gasteiger partial charge in [0.2, 0.25) is 0 Å². The molecule has 0 spiro atoms. The standard InChI is InChI=1S/C8H9N3/c1-7-4-5-8(11-10-7)3-2-6-9/h4-5H,6,9H2,1H3. The van der Waals surface area contributed by atoms with E-state index in [-0.39, 0.29) is 0 Å². The van der Waals surface area contributed by atoms with Gasteiger partial charge in [0.25, 0.3) is 0 Å². The second-order valence-electron chi connectivity index (χ2n) is 2.07. The molecule has 0 saturated heterocycles. The molecule has 0 radical (unpaired) electrons. The van der Waals surface area contributed by atoms with E-state index in [1.165, 1.54) is 0 Å². The van der Waals surface area contributed by atoms with Crippen LogP contribution < -0.4 is 5.73 Å². The number of nitrogens with zero attached hydrogens (tertiary/aromatic N) is 2. The summed E-state index contributed by atoms with van der Waals surface area (Å²) in [4.78, 5) is 0. The molecule has 0 aromatic carbocycles. The molecule has 0 atom stereocenters. The Morgan fingerprint density at radius 1 is 1.45 bits per heavy atom. The van der Waals surface area contributed by atoms with Gasteiger partial charge in [0.05, 0.1) is 12.2 Å². The number of hydrogen-bond donors (Lipinski definition) is 1. The minimum Gasteiger partial charge on any atom is -0.320 e. The van der Waals surface area contributed by atoms with Crippen molar-refractivity contribution in [3.05, 3.63) is 23.5 Å². The van der Waals surface area contributed by atoms with E-state index in [1.807, 2.05) is 19.1 Å². The van der Waals surface area contributed by atoms with Crippen molar-refractivity contribution >= 4 is 0 Å². The Hall–Kier alpha value is -1.40. The van der Waals surface area contributed by atoms with Crippen LogP contribution in [-0.2, 0) is 0 Å². The summed E-state index contributed by atoms with van der Waals surface area (Å²) in [6.45, 7) is 2.24.